The predicted molar refractivity (Wildman–Crippen MR) is 96.1 cm³/mol. The number of hydrogen-bond acceptors (Lipinski definition) is 5. The Labute approximate surface area is 153 Å². The minimum atomic E-state index is -1.11. The molecule has 0 saturated carbocycles. The number of aliphatic carboxylic acids is 1. The summed E-state index contributed by atoms with van der Waals surface area (Å²) in [5, 5.41) is 14.5. The monoisotopic (exact) mass is 367 g/mol. The van der Waals surface area contributed by atoms with Crippen LogP contribution in [0.15, 0.2) is 12.5 Å². The molecule has 6 N–H and O–H groups in total. The number of nitrogens with zero attached hydrogens (tertiary/aromatic N) is 1. The van der Waals surface area contributed by atoms with Crippen molar-refractivity contribution in [2.75, 3.05) is 0 Å². The van der Waals surface area contributed by atoms with Gasteiger partial charge in [-0.15, -0.1) is 0 Å². The van der Waals surface area contributed by atoms with Crippen molar-refractivity contribution in [1.82, 2.24) is 20.6 Å². The Morgan fingerprint density at radius 2 is 1.88 bits per heavy atom. The van der Waals surface area contributed by atoms with Crippen LogP contribution < -0.4 is 16.4 Å². The smallest absolute Gasteiger partial charge is 0.326 e. The van der Waals surface area contributed by atoms with Gasteiger partial charge in [-0.3, -0.25) is 9.59 Å². The standard InChI is InChI=1S/C17H29N5O4/c1-5-10(4)14(17(25)26)22-15(23)12(6-11-7-19-8-20-11)21-16(24)13(18)9(2)3/h7-10,12-14H,5-6,18H2,1-4H3,(H,19,20)(H,21,24)(H,22,23)(H,25,26). The van der Waals surface area contributed by atoms with E-state index in [9.17, 15) is 19.5 Å². The fourth-order valence-electron chi connectivity index (χ4n) is 2.33. The lowest BCUT2D eigenvalue weighted by molar-refractivity contribution is -0.143. The van der Waals surface area contributed by atoms with E-state index in [1.165, 1.54) is 12.5 Å². The van der Waals surface area contributed by atoms with Gasteiger partial charge in [-0.2, -0.15) is 0 Å². The van der Waals surface area contributed by atoms with E-state index in [1.807, 2.05) is 6.92 Å². The summed E-state index contributed by atoms with van der Waals surface area (Å²) in [6.07, 6.45) is 3.74. The first-order valence-corrected chi connectivity index (χ1v) is 8.73. The molecular formula is C17H29N5O4. The zero-order valence-corrected chi connectivity index (χ0v) is 15.7. The van der Waals surface area contributed by atoms with Gasteiger partial charge >= 0.3 is 5.97 Å². The van der Waals surface area contributed by atoms with Gasteiger partial charge < -0.3 is 26.5 Å². The SMILES string of the molecule is CCC(C)C(NC(=O)C(Cc1cnc[nH]1)NC(=O)C(N)C(C)C)C(=O)O. The van der Waals surface area contributed by atoms with Crippen molar-refractivity contribution in [3.8, 4) is 0 Å². The Bertz CT molecular complexity index is 602. The number of rotatable bonds is 10. The summed E-state index contributed by atoms with van der Waals surface area (Å²) in [5.74, 6) is -2.50. The van der Waals surface area contributed by atoms with E-state index in [0.29, 0.717) is 12.1 Å². The lowest BCUT2D eigenvalue weighted by Gasteiger charge is -2.25. The fraction of sp³-hybridized carbons (Fsp3) is 0.647. The van der Waals surface area contributed by atoms with E-state index in [4.69, 9.17) is 5.73 Å². The molecule has 0 spiro atoms. The molecule has 0 aromatic carbocycles. The molecule has 0 aliphatic heterocycles. The first-order chi connectivity index (χ1) is 12.2. The van der Waals surface area contributed by atoms with Crippen molar-refractivity contribution in [1.29, 1.82) is 0 Å². The van der Waals surface area contributed by atoms with Crippen molar-refractivity contribution in [2.45, 2.75) is 58.7 Å². The minimum absolute atomic E-state index is 0.0993. The molecule has 4 atom stereocenters. The van der Waals surface area contributed by atoms with Gasteiger partial charge in [0.05, 0.1) is 12.4 Å². The molecule has 0 fully saturated rings. The van der Waals surface area contributed by atoms with Gasteiger partial charge in [0.15, 0.2) is 0 Å². The second-order valence-corrected chi connectivity index (χ2v) is 6.82. The lowest BCUT2D eigenvalue weighted by atomic mass is 9.98. The average Bonchev–Trinajstić information content (AvgIpc) is 3.09. The molecule has 1 rings (SSSR count). The second kappa shape index (κ2) is 9.91. The number of H-pyrrole nitrogens is 1. The molecule has 9 nitrogen and oxygen atoms in total. The fourth-order valence-corrected chi connectivity index (χ4v) is 2.33. The van der Waals surface area contributed by atoms with Gasteiger partial charge in [0, 0.05) is 18.3 Å². The number of carbonyl (C=O) groups excluding carboxylic acids is 2. The van der Waals surface area contributed by atoms with E-state index in [2.05, 4.69) is 20.6 Å². The van der Waals surface area contributed by atoms with Crippen molar-refractivity contribution in [2.24, 2.45) is 17.6 Å². The van der Waals surface area contributed by atoms with Gasteiger partial charge in [0.2, 0.25) is 11.8 Å². The molecule has 1 aromatic heterocycles. The topological polar surface area (TPSA) is 150 Å². The zero-order valence-electron chi connectivity index (χ0n) is 15.7. The van der Waals surface area contributed by atoms with Crippen LogP contribution in [0.4, 0.5) is 0 Å². The number of carbonyl (C=O) groups is 3. The molecule has 0 aliphatic carbocycles. The van der Waals surface area contributed by atoms with Gasteiger partial charge in [0.1, 0.15) is 12.1 Å². The molecule has 0 aliphatic rings. The van der Waals surface area contributed by atoms with Gasteiger partial charge in [-0.25, -0.2) is 9.78 Å². The van der Waals surface area contributed by atoms with Gasteiger partial charge in [-0.1, -0.05) is 34.1 Å². The van der Waals surface area contributed by atoms with E-state index in [-0.39, 0.29) is 18.3 Å². The Morgan fingerprint density at radius 1 is 1.23 bits per heavy atom. The molecular weight excluding hydrogens is 338 g/mol. The van der Waals surface area contributed by atoms with E-state index < -0.39 is 35.9 Å². The summed E-state index contributed by atoms with van der Waals surface area (Å²) in [6.45, 7) is 7.20. The molecule has 0 bridgehead atoms. The molecule has 1 heterocycles. The van der Waals surface area contributed by atoms with E-state index >= 15 is 0 Å². The molecule has 0 radical (unpaired) electrons. The minimum Gasteiger partial charge on any atom is -0.480 e. The molecule has 26 heavy (non-hydrogen) atoms. The number of hydrogen-bond donors (Lipinski definition) is 5. The van der Waals surface area contributed by atoms with Crippen molar-refractivity contribution in [3.05, 3.63) is 18.2 Å². The molecule has 4 unspecified atom stereocenters. The number of nitrogens with two attached hydrogens (primary N) is 1. The molecule has 0 saturated heterocycles. The van der Waals surface area contributed by atoms with E-state index in [1.54, 1.807) is 20.8 Å². The van der Waals surface area contributed by atoms with Crippen LogP contribution in [0.3, 0.4) is 0 Å². The summed E-state index contributed by atoms with van der Waals surface area (Å²) in [4.78, 5) is 43.2. The van der Waals surface area contributed by atoms with Crippen LogP contribution in [0.5, 0.6) is 0 Å². The number of aromatic amines is 1. The van der Waals surface area contributed by atoms with Crippen LogP contribution in [-0.4, -0.2) is 51.0 Å². The predicted octanol–water partition coefficient (Wildman–Crippen LogP) is 0.0358. The highest BCUT2D eigenvalue weighted by Gasteiger charge is 2.31. The Hall–Kier alpha value is -2.42. The van der Waals surface area contributed by atoms with Crippen LogP contribution in [0.2, 0.25) is 0 Å². The Kier molecular flexibility index (Phi) is 8.24. The first-order valence-electron chi connectivity index (χ1n) is 8.73. The number of nitrogens with one attached hydrogen (secondary N) is 3. The molecule has 146 valence electrons. The van der Waals surface area contributed by atoms with Gasteiger partial charge in [0.25, 0.3) is 0 Å². The summed E-state index contributed by atoms with van der Waals surface area (Å²) in [6, 6.07) is -2.76. The highest BCUT2D eigenvalue weighted by atomic mass is 16.4. The first kappa shape index (κ1) is 21.6. The van der Waals surface area contributed by atoms with Crippen LogP contribution in [0, 0.1) is 11.8 Å². The third-order valence-electron chi connectivity index (χ3n) is 4.41. The maximum atomic E-state index is 12.7. The number of carboxylic acids is 1. The Morgan fingerprint density at radius 3 is 2.35 bits per heavy atom. The average molecular weight is 367 g/mol. The quantitative estimate of drug-likeness (QED) is 0.394. The van der Waals surface area contributed by atoms with Crippen LogP contribution >= 0.6 is 0 Å². The van der Waals surface area contributed by atoms with Crippen LogP contribution in [0.1, 0.15) is 39.8 Å². The highest BCUT2D eigenvalue weighted by molar-refractivity contribution is 5.92. The normalized spacial score (nSPS) is 15.8. The summed E-state index contributed by atoms with van der Waals surface area (Å²) in [5.41, 5.74) is 6.48. The number of aromatic nitrogens is 2. The van der Waals surface area contributed by atoms with Crippen molar-refractivity contribution >= 4 is 17.8 Å². The Balaban J connectivity index is 2.93. The summed E-state index contributed by atoms with van der Waals surface area (Å²) in [7, 11) is 0. The number of amides is 2. The molecule has 1 aromatic rings. The van der Waals surface area contributed by atoms with Crippen LogP contribution in [-0.2, 0) is 20.8 Å². The molecule has 2 amide bonds. The number of imidazole rings is 1. The van der Waals surface area contributed by atoms with Gasteiger partial charge in [-0.05, 0) is 11.8 Å². The third kappa shape index (κ3) is 6.14. The maximum absolute atomic E-state index is 12.7. The van der Waals surface area contributed by atoms with E-state index in [0.717, 1.165) is 0 Å². The third-order valence-corrected chi connectivity index (χ3v) is 4.41. The second-order valence-electron chi connectivity index (χ2n) is 6.82. The lowest BCUT2D eigenvalue weighted by Crippen LogP contribution is -2.57. The molecule has 9 heteroatoms. The number of carboxylic acid groups (broad SMARTS) is 1. The highest BCUT2D eigenvalue weighted by Crippen LogP contribution is 2.09. The van der Waals surface area contributed by atoms with Crippen molar-refractivity contribution < 1.29 is 19.5 Å². The zero-order chi connectivity index (χ0) is 19.9. The maximum Gasteiger partial charge on any atom is 0.326 e. The van der Waals surface area contributed by atoms with Crippen molar-refractivity contribution in [3.63, 3.8) is 0 Å². The van der Waals surface area contributed by atoms with Crippen LogP contribution in [0.25, 0.3) is 0 Å². The summed E-state index contributed by atoms with van der Waals surface area (Å²) < 4.78 is 0. The summed E-state index contributed by atoms with van der Waals surface area (Å²) >= 11 is 0. The largest absolute Gasteiger partial charge is 0.480 e.